The van der Waals surface area contributed by atoms with Gasteiger partial charge in [-0.3, -0.25) is 4.98 Å². The molecular formula is C24H34N4O2. The Morgan fingerprint density at radius 1 is 1.20 bits per heavy atom. The van der Waals surface area contributed by atoms with Crippen molar-refractivity contribution in [3.63, 3.8) is 0 Å². The first-order chi connectivity index (χ1) is 14.0. The van der Waals surface area contributed by atoms with Gasteiger partial charge in [-0.2, -0.15) is 0 Å². The van der Waals surface area contributed by atoms with Crippen molar-refractivity contribution in [2.24, 2.45) is 0 Å². The Morgan fingerprint density at radius 3 is 2.60 bits per heavy atom. The maximum absolute atomic E-state index is 12.4. The number of para-hydroxylation sites is 1. The Labute approximate surface area is 179 Å². The van der Waals surface area contributed by atoms with E-state index in [0.29, 0.717) is 6.54 Å². The number of aromatic nitrogens is 3. The van der Waals surface area contributed by atoms with E-state index in [1.165, 1.54) is 0 Å². The molecule has 0 fully saturated rings. The predicted octanol–water partition coefficient (Wildman–Crippen LogP) is 5.54. The van der Waals surface area contributed by atoms with Crippen molar-refractivity contribution >= 4 is 28.0 Å². The second-order valence-corrected chi connectivity index (χ2v) is 9.69. The first-order valence-corrected chi connectivity index (χ1v) is 10.8. The lowest BCUT2D eigenvalue weighted by atomic mass is 10.0. The number of pyridine rings is 1. The SMILES string of the molecule is CCCCc1nc2cnc3c(C)cccc3c2n1CC(C)(C)NC(=O)OC(C)(C)C. The van der Waals surface area contributed by atoms with E-state index in [1.54, 1.807) is 0 Å². The molecule has 3 rings (SSSR count). The Bertz CT molecular complexity index is 1060. The summed E-state index contributed by atoms with van der Waals surface area (Å²) >= 11 is 0. The first-order valence-electron chi connectivity index (χ1n) is 10.8. The molecule has 0 aliphatic rings. The third-order valence-corrected chi connectivity index (χ3v) is 5.03. The zero-order chi connectivity index (χ0) is 22.1. The number of ether oxygens (including phenoxy) is 1. The fourth-order valence-corrected chi connectivity index (χ4v) is 3.75. The molecule has 0 atom stereocenters. The van der Waals surface area contributed by atoms with Crippen LogP contribution in [0.25, 0.3) is 21.9 Å². The van der Waals surface area contributed by atoms with Gasteiger partial charge in [0, 0.05) is 18.4 Å². The molecule has 1 N–H and O–H groups in total. The van der Waals surface area contributed by atoms with Crippen LogP contribution in [0.2, 0.25) is 0 Å². The highest BCUT2D eigenvalue weighted by atomic mass is 16.6. The third kappa shape index (κ3) is 4.91. The van der Waals surface area contributed by atoms with E-state index in [4.69, 9.17) is 9.72 Å². The number of nitrogens with one attached hydrogen (secondary N) is 1. The number of unbranched alkanes of at least 4 members (excludes halogenated alkanes) is 1. The number of alkyl carbamates (subject to hydrolysis) is 1. The van der Waals surface area contributed by atoms with E-state index < -0.39 is 17.2 Å². The smallest absolute Gasteiger partial charge is 0.408 e. The van der Waals surface area contributed by atoms with Crippen LogP contribution in [0.1, 0.15) is 65.8 Å². The summed E-state index contributed by atoms with van der Waals surface area (Å²) in [6.45, 7) is 14.5. The average molecular weight is 411 g/mol. The summed E-state index contributed by atoms with van der Waals surface area (Å²) in [6, 6.07) is 6.24. The minimum atomic E-state index is -0.534. The van der Waals surface area contributed by atoms with Crippen LogP contribution in [0.15, 0.2) is 24.4 Å². The maximum atomic E-state index is 12.4. The van der Waals surface area contributed by atoms with Crippen molar-refractivity contribution in [2.45, 2.75) is 85.4 Å². The van der Waals surface area contributed by atoms with Crippen LogP contribution >= 0.6 is 0 Å². The molecule has 0 saturated heterocycles. The molecule has 0 spiro atoms. The van der Waals surface area contributed by atoms with Gasteiger partial charge in [0.2, 0.25) is 0 Å². The number of carbonyl (C=O) groups excluding carboxylic acids is 1. The van der Waals surface area contributed by atoms with Crippen molar-refractivity contribution in [2.75, 3.05) is 0 Å². The number of nitrogens with zero attached hydrogens (tertiary/aromatic N) is 3. The van der Waals surface area contributed by atoms with E-state index >= 15 is 0 Å². The highest BCUT2D eigenvalue weighted by Crippen LogP contribution is 2.28. The standard InChI is InChI=1S/C24H34N4O2/c1-8-9-13-19-26-18-14-25-20-16(2)11-10-12-17(20)21(18)28(19)15-24(6,7)27-22(29)30-23(3,4)5/h10-12,14H,8-9,13,15H2,1-7H3,(H,27,29). The molecule has 3 aromatic rings. The molecule has 0 radical (unpaired) electrons. The quantitative estimate of drug-likeness (QED) is 0.579. The van der Waals surface area contributed by atoms with E-state index in [0.717, 1.165) is 52.6 Å². The molecule has 2 heterocycles. The van der Waals surface area contributed by atoms with Crippen molar-refractivity contribution in [3.05, 3.63) is 35.8 Å². The number of fused-ring (bicyclic) bond motifs is 3. The normalized spacial score (nSPS) is 12.5. The molecular weight excluding hydrogens is 376 g/mol. The van der Waals surface area contributed by atoms with Crippen molar-refractivity contribution < 1.29 is 9.53 Å². The Morgan fingerprint density at radius 2 is 1.93 bits per heavy atom. The van der Waals surface area contributed by atoms with Gasteiger partial charge in [0.05, 0.1) is 22.8 Å². The van der Waals surface area contributed by atoms with Gasteiger partial charge in [0.25, 0.3) is 0 Å². The maximum Gasteiger partial charge on any atom is 0.408 e. The second-order valence-electron chi connectivity index (χ2n) is 9.69. The van der Waals surface area contributed by atoms with Gasteiger partial charge >= 0.3 is 6.09 Å². The summed E-state index contributed by atoms with van der Waals surface area (Å²) in [7, 11) is 0. The zero-order valence-electron chi connectivity index (χ0n) is 19.3. The Kier molecular flexibility index (Phi) is 6.06. The summed E-state index contributed by atoms with van der Waals surface area (Å²) in [5.74, 6) is 1.03. The van der Waals surface area contributed by atoms with Crippen LogP contribution in [-0.4, -0.2) is 31.8 Å². The van der Waals surface area contributed by atoms with E-state index in [9.17, 15) is 4.79 Å². The average Bonchev–Trinajstić information content (AvgIpc) is 2.95. The third-order valence-electron chi connectivity index (χ3n) is 5.03. The molecule has 6 nitrogen and oxygen atoms in total. The van der Waals surface area contributed by atoms with Gasteiger partial charge in [-0.05, 0) is 53.5 Å². The zero-order valence-corrected chi connectivity index (χ0v) is 19.3. The van der Waals surface area contributed by atoms with Gasteiger partial charge in [-0.25, -0.2) is 9.78 Å². The van der Waals surface area contributed by atoms with Crippen LogP contribution in [0.5, 0.6) is 0 Å². The number of aryl methyl sites for hydroxylation is 2. The molecule has 2 aromatic heterocycles. The summed E-state index contributed by atoms with van der Waals surface area (Å²) in [4.78, 5) is 22.0. The van der Waals surface area contributed by atoms with Crippen molar-refractivity contribution in [3.8, 4) is 0 Å². The fraction of sp³-hybridized carbons (Fsp3) is 0.542. The highest BCUT2D eigenvalue weighted by Gasteiger charge is 2.27. The van der Waals surface area contributed by atoms with E-state index in [-0.39, 0.29) is 0 Å². The number of amides is 1. The van der Waals surface area contributed by atoms with Gasteiger partial charge in [0.1, 0.15) is 16.9 Å². The molecule has 162 valence electrons. The molecule has 1 aromatic carbocycles. The van der Waals surface area contributed by atoms with Crippen molar-refractivity contribution in [1.29, 1.82) is 0 Å². The molecule has 0 unspecified atom stereocenters. The largest absolute Gasteiger partial charge is 0.444 e. The minimum absolute atomic E-state index is 0.408. The number of rotatable bonds is 6. The molecule has 0 aliphatic carbocycles. The summed E-state index contributed by atoms with van der Waals surface area (Å²) in [5, 5.41) is 4.13. The lowest BCUT2D eigenvalue weighted by Gasteiger charge is -2.30. The molecule has 1 amide bonds. The monoisotopic (exact) mass is 410 g/mol. The molecule has 6 heteroatoms. The lowest BCUT2D eigenvalue weighted by Crippen LogP contribution is -2.48. The molecule has 0 saturated carbocycles. The number of carbonyl (C=O) groups is 1. The Balaban J connectivity index is 2.05. The van der Waals surface area contributed by atoms with Crippen LogP contribution in [0.3, 0.4) is 0 Å². The van der Waals surface area contributed by atoms with Crippen LogP contribution in [-0.2, 0) is 17.7 Å². The summed E-state index contributed by atoms with van der Waals surface area (Å²) in [5.41, 5.74) is 3.06. The minimum Gasteiger partial charge on any atom is -0.444 e. The Hall–Kier alpha value is -2.63. The van der Waals surface area contributed by atoms with Gasteiger partial charge in [-0.15, -0.1) is 0 Å². The first kappa shape index (κ1) is 22.1. The van der Waals surface area contributed by atoms with Gasteiger partial charge < -0.3 is 14.6 Å². The highest BCUT2D eigenvalue weighted by molar-refractivity contribution is 6.03. The van der Waals surface area contributed by atoms with Gasteiger partial charge in [-0.1, -0.05) is 31.5 Å². The number of hydrogen-bond donors (Lipinski definition) is 1. The van der Waals surface area contributed by atoms with Crippen LogP contribution < -0.4 is 5.32 Å². The summed E-state index contributed by atoms with van der Waals surface area (Å²) < 4.78 is 7.73. The van der Waals surface area contributed by atoms with Crippen molar-refractivity contribution in [1.82, 2.24) is 19.9 Å². The lowest BCUT2D eigenvalue weighted by molar-refractivity contribution is 0.0463. The molecule has 30 heavy (non-hydrogen) atoms. The fourth-order valence-electron chi connectivity index (χ4n) is 3.75. The van der Waals surface area contributed by atoms with Crippen LogP contribution in [0.4, 0.5) is 4.79 Å². The van der Waals surface area contributed by atoms with Crippen LogP contribution in [0, 0.1) is 6.92 Å². The topological polar surface area (TPSA) is 69.0 Å². The van der Waals surface area contributed by atoms with E-state index in [1.807, 2.05) is 40.8 Å². The number of hydrogen-bond acceptors (Lipinski definition) is 4. The molecule has 0 aliphatic heterocycles. The molecule has 0 bridgehead atoms. The predicted molar refractivity (Wildman–Crippen MR) is 122 cm³/mol. The van der Waals surface area contributed by atoms with Gasteiger partial charge in [0.15, 0.2) is 0 Å². The summed E-state index contributed by atoms with van der Waals surface area (Å²) in [6.07, 6.45) is 4.51. The van der Waals surface area contributed by atoms with E-state index in [2.05, 4.69) is 46.9 Å². The number of imidazole rings is 1. The second kappa shape index (κ2) is 8.25. The number of benzene rings is 1.